The summed E-state index contributed by atoms with van der Waals surface area (Å²) in [6, 6.07) is 19.2. The normalized spacial score (nSPS) is 19.9. The fourth-order valence-corrected chi connectivity index (χ4v) is 6.13. The summed E-state index contributed by atoms with van der Waals surface area (Å²) < 4.78 is 14.3. The van der Waals surface area contributed by atoms with Crippen molar-refractivity contribution in [2.75, 3.05) is 33.4 Å². The number of likely N-dealkylation sites (N-methyl/N-ethyl adjacent to an activating group) is 1. The Morgan fingerprint density at radius 2 is 1.86 bits per heavy atom. The van der Waals surface area contributed by atoms with Gasteiger partial charge in [0, 0.05) is 35.7 Å². The van der Waals surface area contributed by atoms with Gasteiger partial charge in [0.05, 0.1) is 5.52 Å². The quantitative estimate of drug-likeness (QED) is 0.244. The average Bonchev–Trinajstić information content (AvgIpc) is 3.58. The maximum absolute atomic E-state index is 13.1. The lowest BCUT2D eigenvalue weighted by atomic mass is 9.92. The molecule has 1 N–H and O–H groups in total. The lowest BCUT2D eigenvalue weighted by Crippen LogP contribution is -2.30. The van der Waals surface area contributed by atoms with Crippen molar-refractivity contribution in [3.05, 3.63) is 60.2 Å². The van der Waals surface area contributed by atoms with E-state index in [1.165, 1.54) is 12.8 Å². The number of nitrogens with one attached hydrogen (secondary N) is 1. The van der Waals surface area contributed by atoms with Gasteiger partial charge in [0.2, 0.25) is 0 Å². The number of ether oxygens (including phenoxy) is 2. The number of fused-ring (bicyclic) bond motifs is 2. The highest BCUT2D eigenvalue weighted by atomic mass is 16.5. The molecule has 0 aliphatic carbocycles. The van der Waals surface area contributed by atoms with Crippen LogP contribution in [0.5, 0.6) is 5.75 Å². The number of nitrogens with zero attached hydrogens (tertiary/aromatic N) is 3. The second-order valence-electron chi connectivity index (χ2n) is 13.2. The number of amides is 1. The van der Waals surface area contributed by atoms with Gasteiger partial charge >= 0.3 is 0 Å². The van der Waals surface area contributed by atoms with Gasteiger partial charge in [-0.1, -0.05) is 39.0 Å². The van der Waals surface area contributed by atoms with Gasteiger partial charge in [0.15, 0.2) is 6.23 Å². The Morgan fingerprint density at radius 1 is 1.02 bits per heavy atom. The van der Waals surface area contributed by atoms with Crippen LogP contribution in [0.2, 0.25) is 0 Å². The molecule has 1 amide bonds. The number of benzene rings is 3. The Balaban J connectivity index is 1.30. The van der Waals surface area contributed by atoms with Crippen LogP contribution in [0.1, 0.15) is 75.9 Å². The lowest BCUT2D eigenvalue weighted by molar-refractivity contribution is -0.0365. The molecule has 4 aromatic rings. The predicted octanol–water partition coefficient (Wildman–Crippen LogP) is 7.19. The van der Waals surface area contributed by atoms with Gasteiger partial charge in [-0.15, -0.1) is 0 Å². The van der Waals surface area contributed by atoms with E-state index in [4.69, 9.17) is 14.6 Å². The van der Waals surface area contributed by atoms with Crippen molar-refractivity contribution < 1.29 is 14.3 Å². The van der Waals surface area contributed by atoms with E-state index in [9.17, 15) is 4.79 Å². The molecule has 3 aromatic carbocycles. The molecule has 0 bridgehead atoms. The van der Waals surface area contributed by atoms with Gasteiger partial charge in [-0.25, -0.2) is 4.68 Å². The molecule has 0 spiro atoms. The molecular formula is C35H44N4O3. The molecule has 7 heteroatoms. The van der Waals surface area contributed by atoms with Crippen LogP contribution < -0.4 is 10.1 Å². The van der Waals surface area contributed by atoms with E-state index in [0.29, 0.717) is 18.2 Å². The second-order valence-corrected chi connectivity index (χ2v) is 13.2. The zero-order chi connectivity index (χ0) is 29.3. The smallest absolute Gasteiger partial charge is 0.251 e. The minimum Gasteiger partial charge on any atom is -0.492 e. The van der Waals surface area contributed by atoms with Crippen LogP contribution in [0.3, 0.4) is 0 Å². The molecule has 2 aliphatic rings. The third-order valence-corrected chi connectivity index (χ3v) is 8.76. The van der Waals surface area contributed by atoms with Gasteiger partial charge in [0.25, 0.3) is 5.91 Å². The summed E-state index contributed by atoms with van der Waals surface area (Å²) in [7, 11) is 2.18. The maximum Gasteiger partial charge on any atom is 0.251 e. The van der Waals surface area contributed by atoms with E-state index >= 15 is 0 Å². The fraction of sp³-hybridized carbons (Fsp3) is 0.486. The molecular weight excluding hydrogens is 524 g/mol. The molecule has 2 saturated heterocycles. The molecule has 2 atom stereocenters. The van der Waals surface area contributed by atoms with Crippen molar-refractivity contribution in [3.63, 3.8) is 0 Å². The zero-order valence-electron chi connectivity index (χ0n) is 25.5. The van der Waals surface area contributed by atoms with Crippen molar-refractivity contribution in [1.82, 2.24) is 20.0 Å². The van der Waals surface area contributed by atoms with Gasteiger partial charge in [-0.2, -0.15) is 5.10 Å². The van der Waals surface area contributed by atoms with E-state index in [1.54, 1.807) is 0 Å². The first-order valence-corrected chi connectivity index (χ1v) is 15.5. The molecule has 2 fully saturated rings. The molecule has 6 rings (SSSR count). The van der Waals surface area contributed by atoms with E-state index in [-0.39, 0.29) is 17.6 Å². The largest absolute Gasteiger partial charge is 0.492 e. The second kappa shape index (κ2) is 12.1. The predicted molar refractivity (Wildman–Crippen MR) is 169 cm³/mol. The first-order chi connectivity index (χ1) is 20.2. The fourth-order valence-electron chi connectivity index (χ4n) is 6.13. The van der Waals surface area contributed by atoms with E-state index in [1.807, 2.05) is 22.9 Å². The molecule has 1 unspecified atom stereocenters. The van der Waals surface area contributed by atoms with Gasteiger partial charge < -0.3 is 19.7 Å². The number of carbonyl (C=O) groups excluding carboxylic acids is 1. The minimum absolute atomic E-state index is 0.0522. The highest BCUT2D eigenvalue weighted by Gasteiger charge is 2.24. The van der Waals surface area contributed by atoms with E-state index in [2.05, 4.69) is 74.4 Å². The van der Waals surface area contributed by atoms with Gasteiger partial charge in [-0.3, -0.25) is 4.79 Å². The summed E-state index contributed by atoms with van der Waals surface area (Å²) in [5.41, 5.74) is 3.70. The molecule has 0 radical (unpaired) electrons. The third-order valence-electron chi connectivity index (χ3n) is 8.76. The van der Waals surface area contributed by atoms with Crippen molar-refractivity contribution in [1.29, 1.82) is 0 Å². The summed E-state index contributed by atoms with van der Waals surface area (Å²) in [6.07, 6.45) is 6.39. The monoisotopic (exact) mass is 568 g/mol. The van der Waals surface area contributed by atoms with Crippen LogP contribution in [-0.4, -0.2) is 60.0 Å². The molecule has 2 aliphatic heterocycles. The highest BCUT2D eigenvalue weighted by molar-refractivity contribution is 6.02. The summed E-state index contributed by atoms with van der Waals surface area (Å²) in [4.78, 5) is 15.5. The SMILES string of the molecule is CN1CCCC1COc1ccc2cc(-c3nn([C@@H]4CCCCO4)c4ccc(C(=O)NCCC(C)(C)C)cc34)ccc2c1. The molecule has 3 heterocycles. The Bertz CT molecular complexity index is 1560. The molecule has 0 saturated carbocycles. The number of aromatic nitrogens is 2. The number of hydrogen-bond acceptors (Lipinski definition) is 5. The Hall–Kier alpha value is -3.42. The molecule has 7 nitrogen and oxygen atoms in total. The zero-order valence-corrected chi connectivity index (χ0v) is 25.5. The Labute approximate surface area is 249 Å². The molecule has 222 valence electrons. The van der Waals surface area contributed by atoms with Crippen LogP contribution in [0, 0.1) is 5.41 Å². The van der Waals surface area contributed by atoms with E-state index in [0.717, 1.165) is 84.1 Å². The van der Waals surface area contributed by atoms with Gasteiger partial charge in [-0.05, 0) is 105 Å². The van der Waals surface area contributed by atoms with Crippen LogP contribution in [-0.2, 0) is 4.74 Å². The Morgan fingerprint density at radius 3 is 2.62 bits per heavy atom. The van der Waals surface area contributed by atoms with Crippen molar-refractivity contribution in [3.8, 4) is 17.0 Å². The lowest BCUT2D eigenvalue weighted by Gasteiger charge is -2.23. The standard InChI is InChI=1S/C35H44N4O3/c1-35(2,3)16-17-36-34(40)27-13-15-31-30(22-27)33(37-39(31)32-9-5-6-19-41-32)26-11-10-25-21-29(14-12-24(25)20-26)42-23-28-8-7-18-38(28)4/h10-15,20-22,28,32H,5-9,16-19,23H2,1-4H3,(H,36,40)/t28?,32-/m0/s1. The summed E-state index contributed by atoms with van der Waals surface area (Å²) in [6.45, 7) is 9.82. The highest BCUT2D eigenvalue weighted by Crippen LogP contribution is 2.35. The average molecular weight is 569 g/mol. The summed E-state index contributed by atoms with van der Waals surface area (Å²) in [5.74, 6) is 0.852. The molecule has 42 heavy (non-hydrogen) atoms. The van der Waals surface area contributed by atoms with Crippen LogP contribution in [0.4, 0.5) is 0 Å². The van der Waals surface area contributed by atoms with Crippen LogP contribution in [0.15, 0.2) is 54.6 Å². The maximum atomic E-state index is 13.1. The Kier molecular flexibility index (Phi) is 8.24. The summed E-state index contributed by atoms with van der Waals surface area (Å²) >= 11 is 0. The summed E-state index contributed by atoms with van der Waals surface area (Å²) in [5, 5.41) is 11.4. The number of likely N-dealkylation sites (tertiary alicyclic amines) is 1. The van der Waals surface area contributed by atoms with Crippen LogP contribution >= 0.6 is 0 Å². The number of rotatable bonds is 8. The number of hydrogen-bond donors (Lipinski definition) is 1. The topological polar surface area (TPSA) is 68.6 Å². The first kappa shape index (κ1) is 28.7. The first-order valence-electron chi connectivity index (χ1n) is 15.5. The van der Waals surface area contributed by atoms with Crippen molar-refractivity contribution in [2.24, 2.45) is 5.41 Å². The third kappa shape index (κ3) is 6.32. The van der Waals surface area contributed by atoms with Crippen molar-refractivity contribution in [2.45, 2.75) is 71.6 Å². The number of carbonyl (C=O) groups is 1. The van der Waals surface area contributed by atoms with E-state index < -0.39 is 0 Å². The van der Waals surface area contributed by atoms with Gasteiger partial charge in [0.1, 0.15) is 18.1 Å². The van der Waals surface area contributed by atoms with Crippen molar-refractivity contribution >= 4 is 27.6 Å². The minimum atomic E-state index is -0.0967. The van der Waals surface area contributed by atoms with Crippen LogP contribution in [0.25, 0.3) is 32.9 Å². The molecule has 1 aromatic heterocycles.